The van der Waals surface area contributed by atoms with E-state index >= 15 is 0 Å². The zero-order valence-electron chi connectivity index (χ0n) is 36.4. The standard InChI is InChI=1S/3C17H25NO/c3*1-3-17(19)18(16-12-8-5-9-13-16)14(2)15-10-6-4-7-11-15/h3*5,8-9,12-15H,3-4,6-7,10-11H2,1-2H3. The molecule has 6 rings (SSSR count). The number of para-hydroxylation sites is 3. The molecule has 0 aromatic heterocycles. The summed E-state index contributed by atoms with van der Waals surface area (Å²) in [5.41, 5.74) is 3.15. The summed E-state index contributed by atoms with van der Waals surface area (Å²) in [5, 5.41) is 0. The van der Waals surface area contributed by atoms with Crippen molar-refractivity contribution in [3.63, 3.8) is 0 Å². The molecular weight excluding hydrogens is 703 g/mol. The monoisotopic (exact) mass is 778 g/mol. The molecule has 3 aliphatic rings. The Morgan fingerprint density at radius 2 is 0.614 bits per heavy atom. The quantitative estimate of drug-likeness (QED) is 0.184. The van der Waals surface area contributed by atoms with Gasteiger partial charge in [-0.1, -0.05) is 133 Å². The maximum Gasteiger partial charge on any atom is 0.226 e. The summed E-state index contributed by atoms with van der Waals surface area (Å²) in [6.45, 7) is 12.5. The predicted molar refractivity (Wildman–Crippen MR) is 241 cm³/mol. The summed E-state index contributed by atoms with van der Waals surface area (Å²) in [5.74, 6) is 2.69. The highest BCUT2D eigenvalue weighted by Crippen LogP contribution is 2.34. The van der Waals surface area contributed by atoms with Crippen molar-refractivity contribution in [3.05, 3.63) is 91.0 Å². The van der Waals surface area contributed by atoms with E-state index in [-0.39, 0.29) is 17.7 Å². The first kappa shape index (κ1) is 45.8. The number of benzene rings is 3. The van der Waals surface area contributed by atoms with Gasteiger partial charge >= 0.3 is 0 Å². The van der Waals surface area contributed by atoms with Crippen molar-refractivity contribution in [2.75, 3.05) is 14.7 Å². The molecule has 0 bridgehead atoms. The fourth-order valence-corrected chi connectivity index (χ4v) is 9.58. The molecule has 0 heterocycles. The maximum atomic E-state index is 12.3. The van der Waals surface area contributed by atoms with E-state index in [0.717, 1.165) is 17.1 Å². The summed E-state index contributed by atoms with van der Waals surface area (Å²) < 4.78 is 0. The molecule has 3 aliphatic carbocycles. The molecule has 0 saturated heterocycles. The Morgan fingerprint density at radius 3 is 0.807 bits per heavy atom. The largest absolute Gasteiger partial charge is 0.309 e. The molecule has 0 spiro atoms. The van der Waals surface area contributed by atoms with Gasteiger partial charge in [-0.2, -0.15) is 0 Å². The van der Waals surface area contributed by atoms with Crippen LogP contribution < -0.4 is 14.7 Å². The first-order valence-electron chi connectivity index (χ1n) is 22.8. The highest BCUT2D eigenvalue weighted by Gasteiger charge is 2.31. The number of nitrogens with zero attached hydrogens (tertiary/aromatic N) is 3. The van der Waals surface area contributed by atoms with Gasteiger partial charge in [-0.25, -0.2) is 0 Å². The van der Waals surface area contributed by atoms with E-state index in [1.54, 1.807) is 0 Å². The normalized spacial score (nSPS) is 18.0. The molecule has 3 fully saturated rings. The van der Waals surface area contributed by atoms with E-state index in [1.165, 1.54) is 96.3 Å². The number of hydrogen-bond donors (Lipinski definition) is 0. The molecule has 3 unspecified atom stereocenters. The van der Waals surface area contributed by atoms with Crippen molar-refractivity contribution >= 4 is 34.8 Å². The maximum absolute atomic E-state index is 12.3. The van der Waals surface area contributed by atoms with Crippen LogP contribution in [-0.2, 0) is 14.4 Å². The average molecular weight is 778 g/mol. The van der Waals surface area contributed by atoms with Crippen molar-refractivity contribution in [2.45, 2.75) is 175 Å². The molecule has 0 N–H and O–H groups in total. The van der Waals surface area contributed by atoms with Crippen molar-refractivity contribution in [1.29, 1.82) is 0 Å². The smallest absolute Gasteiger partial charge is 0.226 e. The second kappa shape index (κ2) is 24.8. The van der Waals surface area contributed by atoms with Gasteiger partial charge in [0.1, 0.15) is 0 Å². The summed E-state index contributed by atoms with van der Waals surface area (Å²) in [7, 11) is 0. The fraction of sp³-hybridized carbons (Fsp3) is 0.588. The predicted octanol–water partition coefficient (Wildman–Crippen LogP) is 13.2. The van der Waals surface area contributed by atoms with Crippen LogP contribution in [0.5, 0.6) is 0 Å². The van der Waals surface area contributed by atoms with E-state index in [4.69, 9.17) is 0 Å². The zero-order chi connectivity index (χ0) is 41.0. The van der Waals surface area contributed by atoms with Gasteiger partial charge in [0, 0.05) is 54.5 Å². The van der Waals surface area contributed by atoms with Crippen LogP contribution in [0, 0.1) is 17.8 Å². The van der Waals surface area contributed by atoms with Crippen LogP contribution in [0.4, 0.5) is 17.1 Å². The second-order valence-corrected chi connectivity index (χ2v) is 16.8. The van der Waals surface area contributed by atoms with E-state index in [2.05, 4.69) is 20.8 Å². The Hall–Kier alpha value is -3.93. The topological polar surface area (TPSA) is 60.9 Å². The lowest BCUT2D eigenvalue weighted by Crippen LogP contribution is -2.43. The number of rotatable bonds is 12. The Morgan fingerprint density at radius 1 is 0.404 bits per heavy atom. The van der Waals surface area contributed by atoms with Crippen molar-refractivity contribution < 1.29 is 14.4 Å². The molecule has 3 saturated carbocycles. The molecule has 6 heteroatoms. The minimum absolute atomic E-state index is 0.240. The summed E-state index contributed by atoms with van der Waals surface area (Å²) in [6, 6.07) is 31.3. The van der Waals surface area contributed by atoms with Gasteiger partial charge in [0.15, 0.2) is 0 Å². The molecule has 0 radical (unpaired) electrons. The number of hydrogen-bond acceptors (Lipinski definition) is 3. The highest BCUT2D eigenvalue weighted by atomic mass is 16.2. The third kappa shape index (κ3) is 13.6. The third-order valence-electron chi connectivity index (χ3n) is 13.0. The third-order valence-corrected chi connectivity index (χ3v) is 13.0. The van der Waals surface area contributed by atoms with Crippen LogP contribution in [0.25, 0.3) is 0 Å². The molecule has 312 valence electrons. The Labute approximate surface area is 346 Å². The van der Waals surface area contributed by atoms with Gasteiger partial charge in [0.25, 0.3) is 0 Å². The Balaban J connectivity index is 0.000000189. The SMILES string of the molecule is CCC(=O)N(c1ccccc1)C(C)C1CCCCC1.CCC(=O)N(c1ccccc1)C(C)C1CCCCC1.CCC(=O)N(c1ccccc1)C(C)C1CCCCC1. The molecule has 3 amide bonds. The van der Waals surface area contributed by atoms with Crippen LogP contribution in [0.1, 0.15) is 157 Å². The molecule has 3 aromatic carbocycles. The lowest BCUT2D eigenvalue weighted by molar-refractivity contribution is -0.119. The van der Waals surface area contributed by atoms with Crippen LogP contribution >= 0.6 is 0 Å². The number of amides is 3. The number of anilines is 3. The second-order valence-electron chi connectivity index (χ2n) is 16.8. The van der Waals surface area contributed by atoms with Crippen LogP contribution in [0.15, 0.2) is 91.0 Å². The van der Waals surface area contributed by atoms with Crippen LogP contribution in [0.3, 0.4) is 0 Å². The van der Waals surface area contributed by atoms with E-state index in [1.807, 2.05) is 126 Å². The Kier molecular flexibility index (Phi) is 19.9. The minimum atomic E-state index is 0.240. The van der Waals surface area contributed by atoms with Crippen molar-refractivity contribution in [3.8, 4) is 0 Å². The van der Waals surface area contributed by atoms with Gasteiger partial charge in [-0.3, -0.25) is 14.4 Å². The lowest BCUT2D eigenvalue weighted by Gasteiger charge is -2.36. The van der Waals surface area contributed by atoms with E-state index in [9.17, 15) is 14.4 Å². The van der Waals surface area contributed by atoms with Gasteiger partial charge in [0.05, 0.1) is 0 Å². The fourth-order valence-electron chi connectivity index (χ4n) is 9.58. The summed E-state index contributed by atoms with van der Waals surface area (Å²) >= 11 is 0. The molecule has 3 aromatic rings. The summed E-state index contributed by atoms with van der Waals surface area (Å²) in [6.07, 6.45) is 21.3. The number of carbonyl (C=O) groups excluding carboxylic acids is 3. The van der Waals surface area contributed by atoms with Crippen LogP contribution in [-0.4, -0.2) is 35.8 Å². The van der Waals surface area contributed by atoms with Crippen LogP contribution in [0.2, 0.25) is 0 Å². The van der Waals surface area contributed by atoms with Gasteiger partial charge in [-0.05, 0) is 113 Å². The molecule has 0 aliphatic heterocycles. The van der Waals surface area contributed by atoms with Gasteiger partial charge in [0.2, 0.25) is 17.7 Å². The molecule has 6 nitrogen and oxygen atoms in total. The molecule has 3 atom stereocenters. The first-order valence-corrected chi connectivity index (χ1v) is 22.8. The summed E-state index contributed by atoms with van der Waals surface area (Å²) in [4.78, 5) is 43.0. The van der Waals surface area contributed by atoms with E-state index < -0.39 is 0 Å². The zero-order valence-corrected chi connectivity index (χ0v) is 36.4. The highest BCUT2D eigenvalue weighted by molar-refractivity contribution is 5.95. The van der Waals surface area contributed by atoms with Gasteiger partial charge < -0.3 is 14.7 Å². The molecule has 57 heavy (non-hydrogen) atoms. The number of carbonyl (C=O) groups is 3. The first-order chi connectivity index (χ1) is 27.7. The van der Waals surface area contributed by atoms with E-state index in [0.29, 0.717) is 55.1 Å². The van der Waals surface area contributed by atoms with Crippen molar-refractivity contribution in [2.24, 2.45) is 17.8 Å². The molecular formula is C51H75N3O3. The van der Waals surface area contributed by atoms with Gasteiger partial charge in [-0.15, -0.1) is 0 Å². The Bertz CT molecular complexity index is 1370. The lowest BCUT2D eigenvalue weighted by atomic mass is 9.83. The van der Waals surface area contributed by atoms with Crippen molar-refractivity contribution in [1.82, 2.24) is 0 Å². The minimum Gasteiger partial charge on any atom is -0.309 e. The average Bonchev–Trinajstić information content (AvgIpc) is 3.28.